The summed E-state index contributed by atoms with van der Waals surface area (Å²) in [5.74, 6) is -0.573. The van der Waals surface area contributed by atoms with E-state index in [-0.39, 0.29) is 36.2 Å². The molecule has 2 saturated heterocycles. The molecule has 0 radical (unpaired) electrons. The molecular weight excluding hydrogens is 395 g/mol. The molecule has 2 fully saturated rings. The zero-order valence-electron chi connectivity index (χ0n) is 16.1. The van der Waals surface area contributed by atoms with Crippen LogP contribution in [0.3, 0.4) is 0 Å². The summed E-state index contributed by atoms with van der Waals surface area (Å²) in [6, 6.07) is 13.3. The van der Waals surface area contributed by atoms with Crippen molar-refractivity contribution < 1.29 is 22.3 Å². The maximum atomic E-state index is 13.6. The minimum atomic E-state index is -3.77. The number of carbonyl (C=O) groups is 1. The number of halogens is 1. The van der Waals surface area contributed by atoms with Crippen LogP contribution >= 0.6 is 0 Å². The summed E-state index contributed by atoms with van der Waals surface area (Å²) in [7, 11) is -3.77. The number of carbonyl (C=O) groups excluding carboxylic acids is 1. The Balaban J connectivity index is 1.43. The molecule has 154 valence electrons. The van der Waals surface area contributed by atoms with Crippen molar-refractivity contribution in [1.82, 2.24) is 9.21 Å². The second-order valence-electron chi connectivity index (χ2n) is 7.48. The van der Waals surface area contributed by atoms with Gasteiger partial charge in [0.2, 0.25) is 10.0 Å². The molecule has 0 saturated carbocycles. The van der Waals surface area contributed by atoms with Gasteiger partial charge in [0.1, 0.15) is 11.9 Å². The van der Waals surface area contributed by atoms with Crippen LogP contribution in [0.25, 0.3) is 0 Å². The molecule has 2 heterocycles. The van der Waals surface area contributed by atoms with Crippen LogP contribution in [0.15, 0.2) is 53.4 Å². The van der Waals surface area contributed by atoms with Crippen molar-refractivity contribution in [3.8, 4) is 0 Å². The van der Waals surface area contributed by atoms with Gasteiger partial charge in [-0.3, -0.25) is 0 Å². The first kappa shape index (κ1) is 19.8. The number of aryl methyl sites for hydroxylation is 1. The van der Waals surface area contributed by atoms with Crippen LogP contribution in [0.2, 0.25) is 0 Å². The van der Waals surface area contributed by atoms with Crippen molar-refractivity contribution in [2.24, 2.45) is 0 Å². The molecule has 2 aliphatic heterocycles. The number of benzene rings is 2. The molecule has 29 heavy (non-hydrogen) atoms. The molecule has 2 aliphatic rings. The summed E-state index contributed by atoms with van der Waals surface area (Å²) in [5.41, 5.74) is 1.47. The lowest BCUT2D eigenvalue weighted by atomic mass is 10.0. The smallest absolute Gasteiger partial charge is 0.410 e. The van der Waals surface area contributed by atoms with E-state index in [1.54, 1.807) is 11.8 Å². The monoisotopic (exact) mass is 418 g/mol. The van der Waals surface area contributed by atoms with Crippen LogP contribution in [0.5, 0.6) is 0 Å². The van der Waals surface area contributed by atoms with Crippen LogP contribution in [0.4, 0.5) is 9.18 Å². The zero-order valence-corrected chi connectivity index (χ0v) is 16.9. The predicted octanol–water partition coefficient (Wildman–Crippen LogP) is 3.48. The third-order valence-corrected chi connectivity index (χ3v) is 7.68. The maximum absolute atomic E-state index is 13.6. The van der Waals surface area contributed by atoms with Crippen molar-refractivity contribution in [3.63, 3.8) is 0 Å². The molecule has 0 aliphatic carbocycles. The van der Waals surface area contributed by atoms with E-state index in [2.05, 4.69) is 0 Å². The Hall–Kier alpha value is -2.45. The zero-order chi connectivity index (χ0) is 20.6. The lowest BCUT2D eigenvalue weighted by Gasteiger charge is -2.35. The fourth-order valence-corrected chi connectivity index (χ4v) is 5.71. The Labute approximate surface area is 169 Å². The summed E-state index contributed by atoms with van der Waals surface area (Å²) >= 11 is 0. The predicted molar refractivity (Wildman–Crippen MR) is 105 cm³/mol. The van der Waals surface area contributed by atoms with E-state index in [1.807, 2.05) is 30.3 Å². The third-order valence-electron chi connectivity index (χ3n) is 5.64. The number of piperidine rings is 1. The number of rotatable bonds is 4. The number of ether oxygens (including phenoxy) is 1. The van der Waals surface area contributed by atoms with E-state index in [4.69, 9.17) is 4.74 Å². The summed E-state index contributed by atoms with van der Waals surface area (Å²) in [5, 5.41) is 0. The maximum Gasteiger partial charge on any atom is 0.410 e. The van der Waals surface area contributed by atoms with Crippen LogP contribution in [-0.4, -0.2) is 49.4 Å². The molecule has 0 spiro atoms. The SMILES string of the molecule is Cc1ccc(F)cc1S(=O)(=O)N1CCC(N2CC(c3ccccc3)OC2=O)CC1. The molecular formula is C21H23FN2O4S. The molecule has 2 aromatic carbocycles. The summed E-state index contributed by atoms with van der Waals surface area (Å²) < 4.78 is 46.4. The second kappa shape index (κ2) is 7.76. The first-order valence-electron chi connectivity index (χ1n) is 9.65. The van der Waals surface area contributed by atoms with Crippen molar-refractivity contribution >= 4 is 16.1 Å². The van der Waals surface area contributed by atoms with E-state index < -0.39 is 15.8 Å². The quantitative estimate of drug-likeness (QED) is 0.763. The van der Waals surface area contributed by atoms with Crippen LogP contribution in [-0.2, 0) is 14.8 Å². The highest BCUT2D eigenvalue weighted by Gasteiger charge is 2.40. The largest absolute Gasteiger partial charge is 0.439 e. The van der Waals surface area contributed by atoms with Crippen molar-refractivity contribution in [3.05, 3.63) is 65.5 Å². The molecule has 8 heteroatoms. The minimum absolute atomic E-state index is 0.000624. The number of sulfonamides is 1. The topological polar surface area (TPSA) is 66.9 Å². The number of cyclic esters (lactones) is 1. The molecule has 1 amide bonds. The van der Waals surface area contributed by atoms with E-state index in [9.17, 15) is 17.6 Å². The third kappa shape index (κ3) is 3.86. The highest BCUT2D eigenvalue weighted by molar-refractivity contribution is 7.89. The van der Waals surface area contributed by atoms with Gasteiger partial charge in [-0.15, -0.1) is 0 Å². The summed E-state index contributed by atoms with van der Waals surface area (Å²) in [6.45, 7) is 2.68. The van der Waals surface area contributed by atoms with Crippen molar-refractivity contribution in [1.29, 1.82) is 0 Å². The molecule has 1 atom stereocenters. The molecule has 2 aromatic rings. The van der Waals surface area contributed by atoms with Gasteiger partial charge in [0.15, 0.2) is 0 Å². The Bertz CT molecular complexity index is 1000. The van der Waals surface area contributed by atoms with Gasteiger partial charge in [0.05, 0.1) is 11.4 Å². The van der Waals surface area contributed by atoms with E-state index in [0.717, 1.165) is 11.6 Å². The van der Waals surface area contributed by atoms with Gasteiger partial charge in [-0.1, -0.05) is 36.4 Å². The Morgan fingerprint density at radius 2 is 1.76 bits per heavy atom. The minimum Gasteiger partial charge on any atom is -0.439 e. The molecule has 0 aromatic heterocycles. The number of nitrogens with zero attached hydrogens (tertiary/aromatic N) is 2. The number of amides is 1. The van der Waals surface area contributed by atoms with E-state index in [0.29, 0.717) is 24.9 Å². The molecule has 0 N–H and O–H groups in total. The Morgan fingerprint density at radius 1 is 1.07 bits per heavy atom. The van der Waals surface area contributed by atoms with E-state index >= 15 is 0 Å². The second-order valence-corrected chi connectivity index (χ2v) is 9.39. The summed E-state index contributed by atoms with van der Waals surface area (Å²) in [6.07, 6.45) is 0.371. The number of hydrogen-bond donors (Lipinski definition) is 0. The molecule has 6 nitrogen and oxygen atoms in total. The van der Waals surface area contributed by atoms with Gasteiger partial charge in [0.25, 0.3) is 0 Å². The van der Waals surface area contributed by atoms with Gasteiger partial charge in [-0.05, 0) is 43.0 Å². The van der Waals surface area contributed by atoms with Crippen molar-refractivity contribution in [2.75, 3.05) is 19.6 Å². The normalized spacial score (nSPS) is 21.4. The summed E-state index contributed by atoms with van der Waals surface area (Å²) in [4.78, 5) is 14.1. The molecule has 1 unspecified atom stereocenters. The average Bonchev–Trinajstić information content (AvgIpc) is 3.12. The highest BCUT2D eigenvalue weighted by Crippen LogP contribution is 2.31. The van der Waals surface area contributed by atoms with Gasteiger partial charge < -0.3 is 9.64 Å². The Kier molecular flexibility index (Phi) is 5.31. The lowest BCUT2D eigenvalue weighted by Crippen LogP contribution is -2.47. The van der Waals surface area contributed by atoms with Crippen LogP contribution in [0.1, 0.15) is 30.1 Å². The fraction of sp³-hybridized carbons (Fsp3) is 0.381. The average molecular weight is 418 g/mol. The highest BCUT2D eigenvalue weighted by atomic mass is 32.2. The van der Waals surface area contributed by atoms with E-state index in [1.165, 1.54) is 16.4 Å². The molecule has 4 rings (SSSR count). The Morgan fingerprint density at radius 3 is 2.45 bits per heavy atom. The van der Waals surface area contributed by atoms with Gasteiger partial charge >= 0.3 is 6.09 Å². The standard InChI is InChI=1S/C21H23FN2O4S/c1-15-7-8-17(22)13-20(15)29(26,27)23-11-9-18(10-12-23)24-14-19(28-21(24)25)16-5-3-2-4-6-16/h2-8,13,18-19H,9-12,14H2,1H3. The van der Waals surface area contributed by atoms with Crippen molar-refractivity contribution in [2.45, 2.75) is 36.8 Å². The molecule has 0 bridgehead atoms. The number of hydrogen-bond acceptors (Lipinski definition) is 4. The van der Waals surface area contributed by atoms with Gasteiger partial charge in [-0.2, -0.15) is 4.31 Å². The van der Waals surface area contributed by atoms with Gasteiger partial charge in [0, 0.05) is 19.1 Å². The fourth-order valence-electron chi connectivity index (χ4n) is 4.00. The van der Waals surface area contributed by atoms with Crippen LogP contribution < -0.4 is 0 Å². The van der Waals surface area contributed by atoms with Gasteiger partial charge in [-0.25, -0.2) is 17.6 Å². The first-order chi connectivity index (χ1) is 13.9. The van der Waals surface area contributed by atoms with Crippen LogP contribution in [0, 0.1) is 12.7 Å². The lowest BCUT2D eigenvalue weighted by molar-refractivity contribution is 0.121. The first-order valence-corrected chi connectivity index (χ1v) is 11.1.